The van der Waals surface area contributed by atoms with E-state index in [0.29, 0.717) is 0 Å². The van der Waals surface area contributed by atoms with Crippen molar-refractivity contribution in [1.82, 2.24) is 5.73 Å². The Labute approximate surface area is 62.6 Å². The summed E-state index contributed by atoms with van der Waals surface area (Å²) in [5.41, 5.74) is 6.47. The Bertz CT molecular complexity index is 160. The smallest absolute Gasteiger partial charge is 0.262 e. The molecule has 0 aliphatic rings. The molecule has 0 aliphatic heterocycles. The molecule has 0 unspecified atom stereocenters. The molecule has 0 aromatic carbocycles. The van der Waals surface area contributed by atoms with Crippen LogP contribution < -0.4 is 5.73 Å². The van der Waals surface area contributed by atoms with Gasteiger partial charge < -0.3 is 0 Å². The normalized spacial score (nSPS) is 12.4. The van der Waals surface area contributed by atoms with Crippen LogP contribution in [0.15, 0.2) is 22.7 Å². The van der Waals surface area contributed by atoms with Gasteiger partial charge in [0.15, 0.2) is 0 Å². The zero-order valence-electron chi connectivity index (χ0n) is 5.02. The van der Waals surface area contributed by atoms with Gasteiger partial charge in [-0.25, -0.2) is 0 Å². The van der Waals surface area contributed by atoms with Crippen molar-refractivity contribution in [3.8, 4) is 0 Å². The second-order valence-electron chi connectivity index (χ2n) is 1.37. The summed E-state index contributed by atoms with van der Waals surface area (Å²) in [6.07, 6.45) is 4.51. The van der Waals surface area contributed by atoms with Gasteiger partial charge >= 0.3 is 0 Å². The van der Waals surface area contributed by atoms with Gasteiger partial charge in [-0.05, 0) is 13.0 Å². The van der Waals surface area contributed by atoms with Crippen molar-refractivity contribution >= 4 is 21.8 Å². The predicted molar refractivity (Wildman–Crippen MR) is 39.9 cm³/mol. The first-order valence-electron chi connectivity index (χ1n) is 2.42. The van der Waals surface area contributed by atoms with Gasteiger partial charge in [-0.15, -0.1) is 0 Å². The quantitative estimate of drug-likeness (QED) is 0.480. The maximum Gasteiger partial charge on any atom is 0.262 e. The van der Waals surface area contributed by atoms with Gasteiger partial charge in [0.1, 0.15) is 0 Å². The van der Waals surface area contributed by atoms with E-state index in [1.54, 1.807) is 6.08 Å². The molecule has 0 spiro atoms. The summed E-state index contributed by atoms with van der Waals surface area (Å²) in [5, 5.41) is 0. The van der Waals surface area contributed by atoms with Crippen molar-refractivity contribution in [2.24, 2.45) is 0 Å². The summed E-state index contributed by atoms with van der Waals surface area (Å²) >= 11 is 3.14. The Morgan fingerprint density at radius 3 is 2.44 bits per heavy atom. The van der Waals surface area contributed by atoms with E-state index < -0.39 is 5.91 Å². The van der Waals surface area contributed by atoms with Crippen molar-refractivity contribution in [1.29, 1.82) is 0 Å². The van der Waals surface area contributed by atoms with Crippen LogP contribution in [-0.4, -0.2) is 5.91 Å². The number of nitrogens with one attached hydrogen (secondary N) is 1. The molecule has 49 valence electrons. The topological polar surface area (TPSA) is 40.9 Å². The Morgan fingerprint density at radius 1 is 1.56 bits per heavy atom. The standard InChI is InChI=1S/C6H7BrNO/c1-2-5(7)3-4-6(8)9/h2-4,8H,1H3. The Balaban J connectivity index is 3.86. The van der Waals surface area contributed by atoms with Crippen LogP contribution >= 0.6 is 15.9 Å². The zero-order chi connectivity index (χ0) is 7.28. The van der Waals surface area contributed by atoms with Crippen LogP contribution in [0.25, 0.3) is 0 Å². The lowest BCUT2D eigenvalue weighted by Gasteiger charge is -1.81. The number of halogens is 1. The number of rotatable bonds is 2. The highest BCUT2D eigenvalue weighted by atomic mass is 79.9. The van der Waals surface area contributed by atoms with Crippen LogP contribution in [0.3, 0.4) is 0 Å². The van der Waals surface area contributed by atoms with Gasteiger partial charge in [-0.2, -0.15) is 0 Å². The lowest BCUT2D eigenvalue weighted by molar-refractivity contribution is -0.114. The molecule has 0 aromatic heterocycles. The average Bonchev–Trinajstić information content (AvgIpc) is 1.83. The summed E-state index contributed by atoms with van der Waals surface area (Å²) < 4.78 is 0.808. The van der Waals surface area contributed by atoms with Gasteiger partial charge in [-0.1, -0.05) is 22.0 Å². The van der Waals surface area contributed by atoms with Crippen LogP contribution in [0.1, 0.15) is 6.92 Å². The fraction of sp³-hybridized carbons (Fsp3) is 0.167. The largest absolute Gasteiger partial charge is 0.268 e. The summed E-state index contributed by atoms with van der Waals surface area (Å²) in [6, 6.07) is 0. The predicted octanol–water partition coefficient (Wildman–Crippen LogP) is 1.65. The first-order chi connectivity index (χ1) is 4.16. The van der Waals surface area contributed by atoms with Gasteiger partial charge in [0, 0.05) is 10.6 Å². The molecule has 0 saturated carbocycles. The Morgan fingerprint density at radius 2 is 2.11 bits per heavy atom. The van der Waals surface area contributed by atoms with Crippen molar-refractivity contribution in [2.45, 2.75) is 6.92 Å². The molecular weight excluding hydrogens is 182 g/mol. The second-order valence-corrected chi connectivity index (χ2v) is 2.29. The molecule has 0 fully saturated rings. The number of carbonyl (C=O) groups is 1. The van der Waals surface area contributed by atoms with E-state index in [0.717, 1.165) is 4.48 Å². The highest BCUT2D eigenvalue weighted by molar-refractivity contribution is 9.11. The van der Waals surface area contributed by atoms with E-state index in [9.17, 15) is 4.79 Å². The minimum atomic E-state index is -0.686. The molecule has 0 atom stereocenters. The molecule has 0 bridgehead atoms. The van der Waals surface area contributed by atoms with Crippen molar-refractivity contribution in [3.05, 3.63) is 22.7 Å². The molecule has 0 aromatic rings. The monoisotopic (exact) mass is 188 g/mol. The summed E-state index contributed by atoms with van der Waals surface area (Å²) in [7, 11) is 0. The van der Waals surface area contributed by atoms with E-state index in [1.807, 2.05) is 6.92 Å². The van der Waals surface area contributed by atoms with Gasteiger partial charge in [-0.3, -0.25) is 10.5 Å². The molecular formula is C6H7BrNO. The lowest BCUT2D eigenvalue weighted by atomic mass is 10.4. The molecule has 0 heterocycles. The van der Waals surface area contributed by atoms with Crippen LogP contribution in [0.2, 0.25) is 0 Å². The van der Waals surface area contributed by atoms with Crippen molar-refractivity contribution < 1.29 is 4.79 Å². The van der Waals surface area contributed by atoms with Gasteiger partial charge in [0.05, 0.1) is 0 Å². The van der Waals surface area contributed by atoms with Crippen LogP contribution in [0.4, 0.5) is 0 Å². The SMILES string of the molecule is CC=C(Br)C=CC([NH])=O. The van der Waals surface area contributed by atoms with Gasteiger partial charge in [0.25, 0.3) is 5.91 Å². The molecule has 1 radical (unpaired) electrons. The fourth-order valence-electron chi connectivity index (χ4n) is 0.252. The molecule has 1 N–H and O–H groups in total. The van der Waals surface area contributed by atoms with Crippen molar-refractivity contribution in [3.63, 3.8) is 0 Å². The first kappa shape index (κ1) is 8.43. The minimum Gasteiger partial charge on any atom is -0.268 e. The number of allylic oxidation sites excluding steroid dienone is 3. The van der Waals surface area contributed by atoms with E-state index >= 15 is 0 Å². The average molecular weight is 189 g/mol. The maximum atomic E-state index is 10.00. The van der Waals surface area contributed by atoms with E-state index in [-0.39, 0.29) is 0 Å². The number of hydrogen-bond acceptors (Lipinski definition) is 1. The molecule has 0 saturated heterocycles. The molecule has 3 heteroatoms. The molecule has 0 rings (SSSR count). The van der Waals surface area contributed by atoms with Crippen LogP contribution in [-0.2, 0) is 4.79 Å². The van der Waals surface area contributed by atoms with Crippen LogP contribution in [0.5, 0.6) is 0 Å². The summed E-state index contributed by atoms with van der Waals surface area (Å²) in [5.74, 6) is -0.686. The molecule has 0 aliphatic carbocycles. The molecule has 9 heavy (non-hydrogen) atoms. The third-order valence-electron chi connectivity index (χ3n) is 0.670. The fourth-order valence-corrected chi connectivity index (χ4v) is 0.384. The highest BCUT2D eigenvalue weighted by Crippen LogP contribution is 2.04. The zero-order valence-corrected chi connectivity index (χ0v) is 6.60. The van der Waals surface area contributed by atoms with Crippen molar-refractivity contribution in [2.75, 3.05) is 0 Å². The highest BCUT2D eigenvalue weighted by Gasteiger charge is 1.83. The lowest BCUT2D eigenvalue weighted by Crippen LogP contribution is -1.88. The maximum absolute atomic E-state index is 10.00. The van der Waals surface area contributed by atoms with E-state index in [2.05, 4.69) is 15.9 Å². The summed E-state index contributed by atoms with van der Waals surface area (Å²) in [4.78, 5) is 10.00. The van der Waals surface area contributed by atoms with Crippen LogP contribution in [0, 0.1) is 0 Å². The van der Waals surface area contributed by atoms with Gasteiger partial charge in [0.2, 0.25) is 0 Å². The minimum absolute atomic E-state index is 0.686. The third kappa shape index (κ3) is 5.30. The molecule has 1 amide bonds. The number of amides is 1. The second kappa shape index (κ2) is 4.32. The Kier molecular flexibility index (Phi) is 4.05. The van der Waals surface area contributed by atoms with E-state index in [1.165, 1.54) is 12.2 Å². The van der Waals surface area contributed by atoms with E-state index in [4.69, 9.17) is 5.73 Å². The number of hydrogen-bond donors (Lipinski definition) is 0. The Hall–Kier alpha value is -0.570. The first-order valence-corrected chi connectivity index (χ1v) is 3.21. The molecule has 2 nitrogen and oxygen atoms in total. The third-order valence-corrected chi connectivity index (χ3v) is 1.39. The number of carbonyl (C=O) groups excluding carboxylic acids is 1. The summed E-state index contributed by atoms with van der Waals surface area (Å²) in [6.45, 7) is 1.84.